The molecular formula is C14H10ClN3O. The lowest BCUT2D eigenvalue weighted by molar-refractivity contribution is 0.447. The van der Waals surface area contributed by atoms with Crippen LogP contribution in [0.15, 0.2) is 48.8 Å². The number of halogens is 1. The molecule has 19 heavy (non-hydrogen) atoms. The van der Waals surface area contributed by atoms with Crippen molar-refractivity contribution >= 4 is 28.1 Å². The van der Waals surface area contributed by atoms with Crippen LogP contribution in [0.1, 0.15) is 0 Å². The fourth-order valence-electron chi connectivity index (χ4n) is 1.80. The quantitative estimate of drug-likeness (QED) is 0.773. The number of rotatable bonds is 2. The number of benzene rings is 2. The van der Waals surface area contributed by atoms with E-state index in [1.54, 1.807) is 12.1 Å². The zero-order chi connectivity index (χ0) is 13.2. The van der Waals surface area contributed by atoms with Gasteiger partial charge in [0.15, 0.2) is 0 Å². The smallest absolute Gasteiger partial charge is 0.322 e. The molecule has 5 heteroatoms. The molecule has 0 atom stereocenters. The Bertz CT molecular complexity index is 728. The number of anilines is 1. The van der Waals surface area contributed by atoms with Gasteiger partial charge in [-0.2, -0.15) is 0 Å². The molecule has 3 aromatic rings. The number of ether oxygens (including phenoxy) is 1. The van der Waals surface area contributed by atoms with E-state index in [0.29, 0.717) is 16.5 Å². The molecule has 0 saturated heterocycles. The van der Waals surface area contributed by atoms with Gasteiger partial charge in [0.25, 0.3) is 0 Å². The van der Waals surface area contributed by atoms with E-state index in [1.165, 1.54) is 12.4 Å². The van der Waals surface area contributed by atoms with Crippen molar-refractivity contribution in [2.75, 3.05) is 5.73 Å². The van der Waals surface area contributed by atoms with E-state index in [1.807, 2.05) is 24.3 Å². The van der Waals surface area contributed by atoms with Crippen molar-refractivity contribution in [3.8, 4) is 11.8 Å². The maximum atomic E-state index is 6.15. The zero-order valence-electron chi connectivity index (χ0n) is 9.88. The summed E-state index contributed by atoms with van der Waals surface area (Å²) >= 11 is 6.15. The van der Waals surface area contributed by atoms with Crippen molar-refractivity contribution in [3.05, 3.63) is 53.8 Å². The largest absolute Gasteiger partial charge is 0.424 e. The Morgan fingerprint density at radius 2 is 1.63 bits per heavy atom. The predicted octanol–water partition coefficient (Wildman–Crippen LogP) is 3.66. The highest BCUT2D eigenvalue weighted by Crippen LogP contribution is 2.32. The van der Waals surface area contributed by atoms with Gasteiger partial charge in [0.05, 0.1) is 18.1 Å². The molecule has 3 rings (SSSR count). The Hall–Kier alpha value is -2.33. The summed E-state index contributed by atoms with van der Waals surface area (Å²) in [5, 5.41) is 2.52. The first-order valence-corrected chi connectivity index (χ1v) is 6.04. The van der Waals surface area contributed by atoms with Crippen molar-refractivity contribution in [1.82, 2.24) is 9.97 Å². The maximum absolute atomic E-state index is 6.15. The van der Waals surface area contributed by atoms with Gasteiger partial charge in [-0.1, -0.05) is 35.9 Å². The summed E-state index contributed by atoms with van der Waals surface area (Å²) in [4.78, 5) is 8.02. The standard InChI is InChI=1S/C14H10ClN3O/c15-12-5-6-13(11-4-2-1-3-10(11)12)19-14-17-7-9(16)8-18-14/h1-8H,16H2. The van der Waals surface area contributed by atoms with E-state index in [-0.39, 0.29) is 6.01 Å². The highest BCUT2D eigenvalue weighted by molar-refractivity contribution is 6.35. The highest BCUT2D eigenvalue weighted by atomic mass is 35.5. The SMILES string of the molecule is Nc1cnc(Oc2ccc(Cl)c3ccccc23)nc1. The Labute approximate surface area is 114 Å². The van der Waals surface area contributed by atoms with Crippen LogP contribution in [-0.2, 0) is 0 Å². The van der Waals surface area contributed by atoms with Crippen LogP contribution in [0, 0.1) is 0 Å². The topological polar surface area (TPSA) is 61.0 Å². The third-order valence-electron chi connectivity index (χ3n) is 2.68. The van der Waals surface area contributed by atoms with E-state index in [9.17, 15) is 0 Å². The lowest BCUT2D eigenvalue weighted by Gasteiger charge is -2.08. The van der Waals surface area contributed by atoms with Crippen LogP contribution < -0.4 is 10.5 Å². The number of hydrogen-bond acceptors (Lipinski definition) is 4. The number of fused-ring (bicyclic) bond motifs is 1. The molecule has 0 aliphatic heterocycles. The molecule has 2 N–H and O–H groups in total. The van der Waals surface area contributed by atoms with Crippen molar-refractivity contribution in [2.24, 2.45) is 0 Å². The first kappa shape index (κ1) is 11.7. The minimum Gasteiger partial charge on any atom is -0.424 e. The molecular weight excluding hydrogens is 262 g/mol. The van der Waals surface area contributed by atoms with E-state index >= 15 is 0 Å². The van der Waals surface area contributed by atoms with E-state index in [2.05, 4.69) is 9.97 Å². The minimum absolute atomic E-state index is 0.252. The average Bonchev–Trinajstić information content (AvgIpc) is 2.45. The molecule has 0 aliphatic rings. The van der Waals surface area contributed by atoms with Gasteiger partial charge in [-0.05, 0) is 12.1 Å². The van der Waals surface area contributed by atoms with Crippen molar-refractivity contribution < 1.29 is 4.74 Å². The molecule has 0 radical (unpaired) electrons. The Morgan fingerprint density at radius 1 is 0.947 bits per heavy atom. The van der Waals surface area contributed by atoms with Gasteiger partial charge in [0.1, 0.15) is 5.75 Å². The summed E-state index contributed by atoms with van der Waals surface area (Å²) in [7, 11) is 0. The zero-order valence-corrected chi connectivity index (χ0v) is 10.6. The Balaban J connectivity index is 2.06. The van der Waals surface area contributed by atoms with E-state index < -0.39 is 0 Å². The van der Waals surface area contributed by atoms with Gasteiger partial charge >= 0.3 is 6.01 Å². The molecule has 0 fully saturated rings. The Kier molecular flexibility index (Phi) is 2.93. The predicted molar refractivity (Wildman–Crippen MR) is 75.5 cm³/mol. The molecule has 0 unspecified atom stereocenters. The van der Waals surface area contributed by atoms with Gasteiger partial charge in [-0.3, -0.25) is 0 Å². The fraction of sp³-hybridized carbons (Fsp3) is 0. The summed E-state index contributed by atoms with van der Waals surface area (Å²) in [6.07, 6.45) is 3.00. The number of hydrogen-bond donors (Lipinski definition) is 1. The van der Waals surface area contributed by atoms with Crippen LogP contribution in [-0.4, -0.2) is 9.97 Å². The minimum atomic E-state index is 0.252. The number of nitrogens with zero attached hydrogens (tertiary/aromatic N) is 2. The van der Waals surface area contributed by atoms with Crippen LogP contribution in [0.5, 0.6) is 11.8 Å². The van der Waals surface area contributed by atoms with Crippen molar-refractivity contribution in [1.29, 1.82) is 0 Å². The third-order valence-corrected chi connectivity index (χ3v) is 3.01. The molecule has 1 aromatic heterocycles. The second-order valence-corrected chi connectivity index (χ2v) is 4.40. The second kappa shape index (κ2) is 4.74. The third kappa shape index (κ3) is 2.30. The molecule has 4 nitrogen and oxygen atoms in total. The van der Waals surface area contributed by atoms with Crippen molar-refractivity contribution in [2.45, 2.75) is 0 Å². The number of nitrogens with two attached hydrogens (primary N) is 1. The summed E-state index contributed by atoms with van der Waals surface area (Å²) in [5.41, 5.74) is 6.03. The highest BCUT2D eigenvalue weighted by Gasteiger charge is 2.07. The molecule has 1 heterocycles. The molecule has 0 spiro atoms. The lowest BCUT2D eigenvalue weighted by Crippen LogP contribution is -1.94. The molecule has 0 amide bonds. The van der Waals surface area contributed by atoms with Crippen LogP contribution in [0.3, 0.4) is 0 Å². The fourth-order valence-corrected chi connectivity index (χ4v) is 2.03. The molecule has 0 saturated carbocycles. The lowest BCUT2D eigenvalue weighted by atomic mass is 10.1. The van der Waals surface area contributed by atoms with E-state index in [4.69, 9.17) is 22.1 Å². The molecule has 94 valence electrons. The molecule has 2 aromatic carbocycles. The van der Waals surface area contributed by atoms with Crippen LogP contribution in [0.4, 0.5) is 5.69 Å². The molecule has 0 aliphatic carbocycles. The van der Waals surface area contributed by atoms with Crippen LogP contribution in [0.25, 0.3) is 10.8 Å². The summed E-state index contributed by atoms with van der Waals surface area (Å²) < 4.78 is 5.67. The monoisotopic (exact) mass is 271 g/mol. The van der Waals surface area contributed by atoms with Gasteiger partial charge in [0, 0.05) is 15.8 Å². The van der Waals surface area contributed by atoms with Gasteiger partial charge in [-0.25, -0.2) is 9.97 Å². The van der Waals surface area contributed by atoms with Crippen LogP contribution in [0.2, 0.25) is 5.02 Å². The normalized spacial score (nSPS) is 10.6. The van der Waals surface area contributed by atoms with Gasteiger partial charge in [-0.15, -0.1) is 0 Å². The van der Waals surface area contributed by atoms with E-state index in [0.717, 1.165) is 10.8 Å². The van der Waals surface area contributed by atoms with Crippen LogP contribution >= 0.6 is 11.6 Å². The summed E-state index contributed by atoms with van der Waals surface area (Å²) in [5.74, 6) is 0.657. The van der Waals surface area contributed by atoms with Gasteiger partial charge in [0.2, 0.25) is 0 Å². The maximum Gasteiger partial charge on any atom is 0.322 e. The molecule has 0 bridgehead atoms. The second-order valence-electron chi connectivity index (χ2n) is 3.99. The summed E-state index contributed by atoms with van der Waals surface area (Å²) in [6.45, 7) is 0. The first-order chi connectivity index (χ1) is 9.24. The number of nitrogen functional groups attached to an aromatic ring is 1. The average molecular weight is 272 g/mol. The van der Waals surface area contributed by atoms with Crippen molar-refractivity contribution in [3.63, 3.8) is 0 Å². The first-order valence-electron chi connectivity index (χ1n) is 5.66. The summed E-state index contributed by atoms with van der Waals surface area (Å²) in [6, 6.07) is 11.6. The van der Waals surface area contributed by atoms with Gasteiger partial charge < -0.3 is 10.5 Å². The number of aromatic nitrogens is 2. The Morgan fingerprint density at radius 3 is 2.37 bits per heavy atom.